The van der Waals surface area contributed by atoms with Gasteiger partial charge in [-0.3, -0.25) is 9.59 Å². The van der Waals surface area contributed by atoms with Gasteiger partial charge in [0.05, 0.1) is 0 Å². The van der Waals surface area contributed by atoms with Crippen LogP contribution < -0.4 is 10.6 Å². The average molecular weight is 253 g/mol. The number of carbonyl (C=O) groups is 2. The molecule has 2 amide bonds. The monoisotopic (exact) mass is 253 g/mol. The molecule has 2 aliphatic rings. The van der Waals surface area contributed by atoms with E-state index in [2.05, 4.69) is 10.6 Å². The highest BCUT2D eigenvalue weighted by molar-refractivity contribution is 5.77. The van der Waals surface area contributed by atoms with E-state index in [0.717, 1.165) is 38.9 Å². The Morgan fingerprint density at radius 3 is 2.56 bits per heavy atom. The number of amides is 2. The Kier molecular flexibility index (Phi) is 4.58. The van der Waals surface area contributed by atoms with Crippen molar-refractivity contribution in [3.05, 3.63) is 0 Å². The van der Waals surface area contributed by atoms with Crippen LogP contribution in [0, 0.1) is 0 Å². The molecule has 0 radical (unpaired) electrons. The van der Waals surface area contributed by atoms with Gasteiger partial charge >= 0.3 is 0 Å². The van der Waals surface area contributed by atoms with Crippen LogP contribution in [0.25, 0.3) is 0 Å². The molecule has 2 fully saturated rings. The summed E-state index contributed by atoms with van der Waals surface area (Å²) < 4.78 is 0. The molecular weight excluding hydrogens is 230 g/mol. The summed E-state index contributed by atoms with van der Waals surface area (Å²) in [5.74, 6) is 0.283. The minimum atomic E-state index is 0.0231. The van der Waals surface area contributed by atoms with E-state index in [-0.39, 0.29) is 17.9 Å². The molecular formula is C13H23N3O2. The zero-order valence-corrected chi connectivity index (χ0v) is 11.1. The molecule has 1 unspecified atom stereocenters. The molecule has 5 nitrogen and oxygen atoms in total. The summed E-state index contributed by atoms with van der Waals surface area (Å²) >= 11 is 0. The third-order valence-corrected chi connectivity index (χ3v) is 3.84. The summed E-state index contributed by atoms with van der Waals surface area (Å²) in [5, 5.41) is 6.28. The highest BCUT2D eigenvalue weighted by Gasteiger charge is 2.25. The quantitative estimate of drug-likeness (QED) is 0.758. The standard InChI is InChI=1S/C13H23N3O2/c1-10(17)15-11-4-7-16(8-5-11)13(18)9-12-3-2-6-14-12/h11-12,14H,2-9H2,1H3,(H,15,17). The number of hydrogen-bond donors (Lipinski definition) is 2. The number of hydrogen-bond acceptors (Lipinski definition) is 3. The van der Waals surface area contributed by atoms with Gasteiger partial charge in [0.25, 0.3) is 0 Å². The Morgan fingerprint density at radius 1 is 1.28 bits per heavy atom. The van der Waals surface area contributed by atoms with Crippen molar-refractivity contribution in [3.63, 3.8) is 0 Å². The van der Waals surface area contributed by atoms with Gasteiger partial charge in [-0.2, -0.15) is 0 Å². The average Bonchev–Trinajstić information content (AvgIpc) is 2.82. The first-order chi connectivity index (χ1) is 8.65. The lowest BCUT2D eigenvalue weighted by molar-refractivity contribution is -0.132. The van der Waals surface area contributed by atoms with Gasteiger partial charge in [-0.05, 0) is 32.2 Å². The van der Waals surface area contributed by atoms with Crippen molar-refractivity contribution in [2.45, 2.75) is 51.1 Å². The molecule has 0 aromatic heterocycles. The highest BCUT2D eigenvalue weighted by atomic mass is 16.2. The van der Waals surface area contributed by atoms with E-state index in [4.69, 9.17) is 0 Å². The molecule has 2 rings (SSSR count). The number of likely N-dealkylation sites (tertiary alicyclic amines) is 1. The highest BCUT2D eigenvalue weighted by Crippen LogP contribution is 2.15. The van der Waals surface area contributed by atoms with Gasteiger partial charge in [-0.1, -0.05) is 0 Å². The minimum Gasteiger partial charge on any atom is -0.353 e. The van der Waals surface area contributed by atoms with Crippen molar-refractivity contribution >= 4 is 11.8 Å². The Morgan fingerprint density at radius 2 is 2.00 bits per heavy atom. The second-order valence-electron chi connectivity index (χ2n) is 5.35. The number of carbonyl (C=O) groups excluding carboxylic acids is 2. The molecule has 18 heavy (non-hydrogen) atoms. The van der Waals surface area contributed by atoms with Crippen LogP contribution in [-0.2, 0) is 9.59 Å². The Bertz CT molecular complexity index is 305. The van der Waals surface area contributed by atoms with Gasteiger partial charge in [0.15, 0.2) is 0 Å². The van der Waals surface area contributed by atoms with Crippen LogP contribution in [0.5, 0.6) is 0 Å². The molecule has 0 aromatic rings. The van der Waals surface area contributed by atoms with Gasteiger partial charge in [-0.25, -0.2) is 0 Å². The van der Waals surface area contributed by atoms with Gasteiger partial charge in [-0.15, -0.1) is 0 Å². The van der Waals surface area contributed by atoms with Crippen molar-refractivity contribution in [1.82, 2.24) is 15.5 Å². The van der Waals surface area contributed by atoms with E-state index in [1.165, 1.54) is 6.42 Å². The minimum absolute atomic E-state index is 0.0231. The first-order valence-electron chi connectivity index (χ1n) is 6.93. The van der Waals surface area contributed by atoms with E-state index in [1.54, 1.807) is 6.92 Å². The predicted octanol–water partition coefficient (Wildman–Crippen LogP) is 0.256. The van der Waals surface area contributed by atoms with E-state index in [1.807, 2.05) is 4.90 Å². The van der Waals surface area contributed by atoms with Crippen LogP contribution in [0.4, 0.5) is 0 Å². The zero-order chi connectivity index (χ0) is 13.0. The summed E-state index contributed by atoms with van der Waals surface area (Å²) in [6.07, 6.45) is 4.69. The normalized spacial score (nSPS) is 25.2. The second-order valence-corrected chi connectivity index (χ2v) is 5.35. The third-order valence-electron chi connectivity index (χ3n) is 3.84. The first kappa shape index (κ1) is 13.3. The lowest BCUT2D eigenvalue weighted by Gasteiger charge is -2.32. The summed E-state index contributed by atoms with van der Waals surface area (Å²) in [6.45, 7) is 4.14. The second kappa shape index (κ2) is 6.18. The molecule has 0 spiro atoms. The fourth-order valence-corrected chi connectivity index (χ4v) is 2.83. The van der Waals surface area contributed by atoms with Crippen LogP contribution in [0.15, 0.2) is 0 Å². The molecule has 1 atom stereocenters. The van der Waals surface area contributed by atoms with Gasteiger partial charge in [0, 0.05) is 38.5 Å². The number of nitrogens with zero attached hydrogens (tertiary/aromatic N) is 1. The molecule has 102 valence electrons. The number of piperidine rings is 1. The van der Waals surface area contributed by atoms with E-state index in [9.17, 15) is 9.59 Å². The summed E-state index contributed by atoms with van der Waals surface area (Å²) in [6, 6.07) is 0.627. The maximum Gasteiger partial charge on any atom is 0.224 e. The molecule has 0 saturated carbocycles. The van der Waals surface area contributed by atoms with Crippen LogP contribution in [0.2, 0.25) is 0 Å². The third kappa shape index (κ3) is 3.70. The SMILES string of the molecule is CC(=O)NC1CCN(C(=O)CC2CCCN2)CC1. The molecule has 0 aliphatic carbocycles. The molecule has 5 heteroatoms. The Labute approximate surface area is 108 Å². The van der Waals surface area contributed by atoms with Crippen molar-refractivity contribution in [2.24, 2.45) is 0 Å². The topological polar surface area (TPSA) is 61.4 Å². The van der Waals surface area contributed by atoms with Crippen LogP contribution >= 0.6 is 0 Å². The molecule has 0 bridgehead atoms. The Balaban J connectivity index is 1.71. The fourth-order valence-electron chi connectivity index (χ4n) is 2.83. The zero-order valence-electron chi connectivity index (χ0n) is 11.1. The summed E-state index contributed by atoms with van der Waals surface area (Å²) in [5.41, 5.74) is 0. The van der Waals surface area contributed by atoms with Crippen LogP contribution in [0.3, 0.4) is 0 Å². The summed E-state index contributed by atoms with van der Waals surface area (Å²) in [4.78, 5) is 25.0. The van der Waals surface area contributed by atoms with E-state index >= 15 is 0 Å². The molecule has 2 aliphatic heterocycles. The first-order valence-corrected chi connectivity index (χ1v) is 6.93. The van der Waals surface area contributed by atoms with Crippen molar-refractivity contribution in [3.8, 4) is 0 Å². The largest absolute Gasteiger partial charge is 0.353 e. The van der Waals surface area contributed by atoms with Gasteiger partial charge < -0.3 is 15.5 Å². The predicted molar refractivity (Wildman–Crippen MR) is 69.1 cm³/mol. The maximum atomic E-state index is 12.1. The molecule has 2 heterocycles. The molecule has 2 saturated heterocycles. The van der Waals surface area contributed by atoms with E-state index < -0.39 is 0 Å². The van der Waals surface area contributed by atoms with Crippen molar-refractivity contribution in [2.75, 3.05) is 19.6 Å². The van der Waals surface area contributed by atoms with Crippen LogP contribution in [-0.4, -0.2) is 48.4 Å². The van der Waals surface area contributed by atoms with Crippen LogP contribution in [0.1, 0.15) is 39.0 Å². The number of rotatable bonds is 3. The van der Waals surface area contributed by atoms with Gasteiger partial charge in [0.2, 0.25) is 11.8 Å². The smallest absolute Gasteiger partial charge is 0.224 e. The molecule has 0 aromatic carbocycles. The summed E-state index contributed by atoms with van der Waals surface area (Å²) in [7, 11) is 0. The van der Waals surface area contributed by atoms with Crippen molar-refractivity contribution < 1.29 is 9.59 Å². The molecule has 2 N–H and O–H groups in total. The maximum absolute atomic E-state index is 12.1. The van der Waals surface area contributed by atoms with Crippen molar-refractivity contribution in [1.29, 1.82) is 0 Å². The Hall–Kier alpha value is -1.10. The lowest BCUT2D eigenvalue weighted by Crippen LogP contribution is -2.47. The van der Waals surface area contributed by atoms with E-state index in [0.29, 0.717) is 12.5 Å². The van der Waals surface area contributed by atoms with Gasteiger partial charge in [0.1, 0.15) is 0 Å². The lowest BCUT2D eigenvalue weighted by atomic mass is 10.0. The number of nitrogens with one attached hydrogen (secondary N) is 2. The fraction of sp³-hybridized carbons (Fsp3) is 0.846.